The Morgan fingerprint density at radius 1 is 1.38 bits per heavy atom. The highest BCUT2D eigenvalue weighted by molar-refractivity contribution is 5.78. The molecule has 3 unspecified atom stereocenters. The number of likely N-dealkylation sites (tertiary alicyclic amines) is 1. The summed E-state index contributed by atoms with van der Waals surface area (Å²) >= 11 is 0. The lowest BCUT2D eigenvalue weighted by Crippen LogP contribution is -2.45. The third-order valence-electron chi connectivity index (χ3n) is 4.27. The molecule has 1 amide bonds. The van der Waals surface area contributed by atoms with Gasteiger partial charge in [0, 0.05) is 6.54 Å². The predicted octanol–water partition coefficient (Wildman–Crippen LogP) is 1.96. The maximum absolute atomic E-state index is 12.2. The van der Waals surface area contributed by atoms with Crippen molar-refractivity contribution < 1.29 is 9.90 Å². The summed E-state index contributed by atoms with van der Waals surface area (Å²) < 4.78 is 0. The van der Waals surface area contributed by atoms with Gasteiger partial charge < -0.3 is 10.4 Å². The Balaban J connectivity index is 1.81. The molecule has 2 rings (SSSR count). The second kappa shape index (κ2) is 7.57. The minimum absolute atomic E-state index is 0.0241. The van der Waals surface area contributed by atoms with Gasteiger partial charge in [0.1, 0.15) is 0 Å². The molecule has 116 valence electrons. The molecule has 0 radical (unpaired) electrons. The highest BCUT2D eigenvalue weighted by Gasteiger charge is 2.24. The van der Waals surface area contributed by atoms with E-state index in [9.17, 15) is 9.90 Å². The lowest BCUT2D eigenvalue weighted by Gasteiger charge is -2.33. The molecule has 1 aliphatic heterocycles. The van der Waals surface area contributed by atoms with E-state index in [2.05, 4.69) is 10.2 Å². The summed E-state index contributed by atoms with van der Waals surface area (Å²) in [6, 6.07) is 10.0. The van der Waals surface area contributed by atoms with E-state index in [0.29, 0.717) is 6.54 Å². The molecule has 2 N–H and O–H groups in total. The van der Waals surface area contributed by atoms with Gasteiger partial charge in [-0.15, -0.1) is 0 Å². The third-order valence-corrected chi connectivity index (χ3v) is 4.27. The first-order valence-electron chi connectivity index (χ1n) is 7.81. The molecule has 1 aromatic carbocycles. The molecule has 1 aromatic rings. The summed E-state index contributed by atoms with van der Waals surface area (Å²) in [6.07, 6.45) is 1.81. The molecule has 4 nitrogen and oxygen atoms in total. The van der Waals surface area contributed by atoms with E-state index in [1.54, 1.807) is 0 Å². The molecule has 21 heavy (non-hydrogen) atoms. The van der Waals surface area contributed by atoms with Gasteiger partial charge in [0.15, 0.2) is 0 Å². The van der Waals surface area contributed by atoms with Gasteiger partial charge in [0.25, 0.3) is 0 Å². The number of aliphatic hydroxyl groups excluding tert-OH is 1. The van der Waals surface area contributed by atoms with Crippen molar-refractivity contribution in [3.63, 3.8) is 0 Å². The van der Waals surface area contributed by atoms with Crippen molar-refractivity contribution >= 4 is 5.91 Å². The van der Waals surface area contributed by atoms with Crippen LogP contribution in [0.15, 0.2) is 30.3 Å². The number of aliphatic hydroxyl groups is 1. The maximum atomic E-state index is 12.2. The molecule has 4 heteroatoms. The van der Waals surface area contributed by atoms with Gasteiger partial charge in [-0.2, -0.15) is 0 Å². The van der Waals surface area contributed by atoms with Crippen LogP contribution in [-0.4, -0.2) is 41.7 Å². The van der Waals surface area contributed by atoms with Crippen LogP contribution in [0.4, 0.5) is 0 Å². The van der Waals surface area contributed by atoms with Crippen LogP contribution < -0.4 is 5.32 Å². The summed E-state index contributed by atoms with van der Waals surface area (Å²) in [6.45, 7) is 6.01. The molecular weight excluding hydrogens is 264 g/mol. The molecule has 0 aliphatic carbocycles. The van der Waals surface area contributed by atoms with Crippen molar-refractivity contribution in [1.82, 2.24) is 10.2 Å². The average molecular weight is 290 g/mol. The maximum Gasteiger partial charge on any atom is 0.234 e. The lowest BCUT2D eigenvalue weighted by molar-refractivity contribution is -0.123. The summed E-state index contributed by atoms with van der Waals surface area (Å²) in [7, 11) is 0. The number of amides is 1. The highest BCUT2D eigenvalue weighted by Crippen LogP contribution is 2.19. The fourth-order valence-corrected chi connectivity index (χ4v) is 2.94. The topological polar surface area (TPSA) is 52.6 Å². The summed E-state index contributed by atoms with van der Waals surface area (Å²) in [5.41, 5.74) is 1.12. The van der Waals surface area contributed by atoms with Gasteiger partial charge in [-0.1, -0.05) is 30.3 Å². The van der Waals surface area contributed by atoms with Crippen LogP contribution in [0.2, 0.25) is 0 Å². The van der Waals surface area contributed by atoms with Crippen LogP contribution >= 0.6 is 0 Å². The number of hydrogen-bond donors (Lipinski definition) is 2. The van der Waals surface area contributed by atoms with Gasteiger partial charge in [0.05, 0.1) is 18.7 Å². The monoisotopic (exact) mass is 290 g/mol. The van der Waals surface area contributed by atoms with Gasteiger partial charge >= 0.3 is 0 Å². The zero-order valence-electron chi connectivity index (χ0n) is 13.0. The molecule has 0 bridgehead atoms. The van der Waals surface area contributed by atoms with E-state index in [4.69, 9.17) is 0 Å². The predicted molar refractivity (Wildman–Crippen MR) is 83.8 cm³/mol. The lowest BCUT2D eigenvalue weighted by atomic mass is 9.93. The van der Waals surface area contributed by atoms with Crippen LogP contribution in [0, 0.1) is 5.92 Å². The van der Waals surface area contributed by atoms with Crippen molar-refractivity contribution in [1.29, 1.82) is 0 Å². The second-order valence-corrected chi connectivity index (χ2v) is 6.08. The van der Waals surface area contributed by atoms with Crippen molar-refractivity contribution in [2.24, 2.45) is 5.92 Å². The zero-order chi connectivity index (χ0) is 15.2. The van der Waals surface area contributed by atoms with Crippen molar-refractivity contribution in [3.8, 4) is 0 Å². The Kier molecular flexibility index (Phi) is 5.76. The Morgan fingerprint density at radius 2 is 2.10 bits per heavy atom. The van der Waals surface area contributed by atoms with E-state index < -0.39 is 0 Å². The molecule has 0 spiro atoms. The van der Waals surface area contributed by atoms with Gasteiger partial charge in [0.2, 0.25) is 5.91 Å². The van der Waals surface area contributed by atoms with Gasteiger partial charge in [-0.3, -0.25) is 9.69 Å². The number of benzene rings is 1. The Labute approximate surface area is 127 Å². The minimum atomic E-state index is -0.292. The van der Waals surface area contributed by atoms with E-state index >= 15 is 0 Å². The first-order valence-corrected chi connectivity index (χ1v) is 7.81. The van der Waals surface area contributed by atoms with E-state index in [1.165, 1.54) is 0 Å². The summed E-state index contributed by atoms with van der Waals surface area (Å²) in [5, 5.41) is 12.7. The van der Waals surface area contributed by atoms with E-state index in [0.717, 1.165) is 31.5 Å². The second-order valence-electron chi connectivity index (χ2n) is 6.08. The molecule has 1 fully saturated rings. The summed E-state index contributed by atoms with van der Waals surface area (Å²) in [5.74, 6) is 0.343. The number of nitrogens with one attached hydrogen (secondary N) is 1. The molecule has 0 saturated carbocycles. The fourth-order valence-electron chi connectivity index (χ4n) is 2.94. The van der Waals surface area contributed by atoms with Crippen molar-refractivity contribution in [2.75, 3.05) is 19.6 Å². The van der Waals surface area contributed by atoms with E-state index in [1.807, 2.05) is 44.2 Å². The quantitative estimate of drug-likeness (QED) is 0.871. The minimum Gasteiger partial charge on any atom is -0.393 e. The molecular formula is C17H26N2O2. The largest absolute Gasteiger partial charge is 0.393 e. The first kappa shape index (κ1) is 16.0. The Hall–Kier alpha value is -1.39. The van der Waals surface area contributed by atoms with Crippen LogP contribution in [0.3, 0.4) is 0 Å². The first-order chi connectivity index (χ1) is 10.1. The van der Waals surface area contributed by atoms with Gasteiger partial charge in [-0.25, -0.2) is 0 Å². The van der Waals surface area contributed by atoms with Crippen LogP contribution in [0.1, 0.15) is 38.3 Å². The van der Waals surface area contributed by atoms with Crippen molar-refractivity contribution in [2.45, 2.75) is 38.8 Å². The molecule has 3 atom stereocenters. The fraction of sp³-hybridized carbons (Fsp3) is 0.588. The third kappa shape index (κ3) is 4.83. The molecule has 1 saturated heterocycles. The number of carbonyl (C=O) groups is 1. The Morgan fingerprint density at radius 3 is 2.76 bits per heavy atom. The summed E-state index contributed by atoms with van der Waals surface area (Å²) in [4.78, 5) is 14.3. The molecule has 1 aliphatic rings. The number of rotatable bonds is 5. The van der Waals surface area contributed by atoms with Crippen LogP contribution in [0.25, 0.3) is 0 Å². The standard InChI is InChI=1S/C17H26N2O2/c1-13(15-7-4-3-5-8-15)18-17(21)12-19-10-6-9-16(11-19)14(2)20/h3-5,7-8,13-14,16,20H,6,9-12H2,1-2H3,(H,18,21). The highest BCUT2D eigenvalue weighted by atomic mass is 16.3. The number of nitrogens with zero attached hydrogens (tertiary/aromatic N) is 1. The normalized spacial score (nSPS) is 22.5. The van der Waals surface area contributed by atoms with Gasteiger partial charge in [-0.05, 0) is 44.7 Å². The van der Waals surface area contributed by atoms with Crippen LogP contribution in [0.5, 0.6) is 0 Å². The van der Waals surface area contributed by atoms with E-state index in [-0.39, 0.29) is 24.0 Å². The number of hydrogen-bond acceptors (Lipinski definition) is 3. The zero-order valence-corrected chi connectivity index (χ0v) is 13.0. The average Bonchev–Trinajstić information content (AvgIpc) is 2.48. The number of carbonyl (C=O) groups excluding carboxylic acids is 1. The Bertz CT molecular complexity index is 447. The molecule has 0 aromatic heterocycles. The molecule has 1 heterocycles. The smallest absolute Gasteiger partial charge is 0.234 e. The number of piperidine rings is 1. The van der Waals surface area contributed by atoms with Crippen LogP contribution in [-0.2, 0) is 4.79 Å². The van der Waals surface area contributed by atoms with Crippen molar-refractivity contribution in [3.05, 3.63) is 35.9 Å². The SMILES string of the molecule is CC(NC(=O)CN1CCCC(C(C)O)C1)c1ccccc1.